The summed E-state index contributed by atoms with van der Waals surface area (Å²) >= 11 is 6.98. The van der Waals surface area contributed by atoms with Gasteiger partial charge in [0.25, 0.3) is 0 Å². The average molecular weight is 262 g/mol. The highest BCUT2D eigenvalue weighted by Crippen LogP contribution is 2.21. The summed E-state index contributed by atoms with van der Waals surface area (Å²) < 4.78 is 0. The Hall–Kier alpha value is 0.200. The van der Waals surface area contributed by atoms with Crippen LogP contribution in [0.15, 0.2) is 0 Å². The van der Waals surface area contributed by atoms with Gasteiger partial charge in [0.05, 0.1) is 4.99 Å². The van der Waals surface area contributed by atoms with E-state index in [0.717, 1.165) is 13.0 Å². The van der Waals surface area contributed by atoms with Crippen molar-refractivity contribution in [3.63, 3.8) is 0 Å². The average Bonchev–Trinajstić information content (AvgIpc) is 2.22. The molecule has 0 saturated carbocycles. The van der Waals surface area contributed by atoms with E-state index in [2.05, 4.69) is 39.0 Å². The maximum Gasteiger partial charge on any atom is 0.0784 e. The van der Waals surface area contributed by atoms with Crippen molar-refractivity contribution in [2.75, 3.05) is 25.6 Å². The van der Waals surface area contributed by atoms with Crippen LogP contribution in [-0.2, 0) is 0 Å². The number of rotatable bonds is 8. The summed E-state index contributed by atoms with van der Waals surface area (Å²) in [7, 11) is 2.18. The standard InChI is InChI=1S/C12H26N2S2/c1-10(6-9-16-5)14(4)8-7-12(2,3)11(13)15/h10H,6-9H2,1-5H3,(H2,13,15). The second-order valence-electron chi connectivity index (χ2n) is 5.11. The minimum atomic E-state index is -0.0250. The van der Waals surface area contributed by atoms with E-state index in [0.29, 0.717) is 11.0 Å². The number of nitrogens with two attached hydrogens (primary N) is 1. The molecule has 2 nitrogen and oxygen atoms in total. The first kappa shape index (κ1) is 16.2. The van der Waals surface area contributed by atoms with E-state index in [9.17, 15) is 0 Å². The first-order valence-electron chi connectivity index (χ1n) is 5.80. The van der Waals surface area contributed by atoms with E-state index in [4.69, 9.17) is 18.0 Å². The highest BCUT2D eigenvalue weighted by Gasteiger charge is 2.22. The number of thiocarbonyl (C=S) groups is 1. The molecule has 1 unspecified atom stereocenters. The molecule has 1 atom stereocenters. The Bertz CT molecular complexity index is 217. The van der Waals surface area contributed by atoms with Gasteiger partial charge < -0.3 is 10.6 Å². The van der Waals surface area contributed by atoms with Crippen LogP contribution in [0.1, 0.15) is 33.6 Å². The monoisotopic (exact) mass is 262 g/mol. The van der Waals surface area contributed by atoms with Gasteiger partial charge in [-0.25, -0.2) is 0 Å². The van der Waals surface area contributed by atoms with Gasteiger partial charge in [-0.3, -0.25) is 0 Å². The predicted molar refractivity (Wildman–Crippen MR) is 80.3 cm³/mol. The van der Waals surface area contributed by atoms with Gasteiger partial charge >= 0.3 is 0 Å². The van der Waals surface area contributed by atoms with Crippen LogP contribution in [0.3, 0.4) is 0 Å². The minimum absolute atomic E-state index is 0.0250. The molecule has 0 bridgehead atoms. The summed E-state index contributed by atoms with van der Waals surface area (Å²) in [5.41, 5.74) is 5.70. The maximum atomic E-state index is 5.72. The van der Waals surface area contributed by atoms with Crippen LogP contribution in [0.2, 0.25) is 0 Å². The molecule has 0 aromatic heterocycles. The highest BCUT2D eigenvalue weighted by atomic mass is 32.2. The van der Waals surface area contributed by atoms with Gasteiger partial charge in [0.1, 0.15) is 0 Å². The molecular weight excluding hydrogens is 236 g/mol. The largest absolute Gasteiger partial charge is 0.393 e. The molecule has 0 heterocycles. The van der Waals surface area contributed by atoms with Crippen LogP contribution in [0.5, 0.6) is 0 Å². The zero-order chi connectivity index (χ0) is 12.8. The number of hydrogen-bond donors (Lipinski definition) is 1. The van der Waals surface area contributed by atoms with Crippen molar-refractivity contribution in [2.24, 2.45) is 11.1 Å². The van der Waals surface area contributed by atoms with Crippen molar-refractivity contribution >= 4 is 29.0 Å². The van der Waals surface area contributed by atoms with Crippen molar-refractivity contribution in [1.29, 1.82) is 0 Å². The lowest BCUT2D eigenvalue weighted by molar-refractivity contribution is 0.229. The summed E-state index contributed by atoms with van der Waals surface area (Å²) in [6.45, 7) is 7.58. The molecule has 0 aromatic rings. The van der Waals surface area contributed by atoms with Crippen LogP contribution in [0.25, 0.3) is 0 Å². The van der Waals surface area contributed by atoms with Gasteiger partial charge in [0, 0.05) is 11.5 Å². The van der Waals surface area contributed by atoms with E-state index in [-0.39, 0.29) is 5.41 Å². The Morgan fingerprint density at radius 2 is 2.06 bits per heavy atom. The third kappa shape index (κ3) is 6.06. The summed E-state index contributed by atoms with van der Waals surface area (Å²) in [6, 6.07) is 0.634. The van der Waals surface area contributed by atoms with Crippen molar-refractivity contribution in [3.8, 4) is 0 Å². The van der Waals surface area contributed by atoms with Crippen LogP contribution < -0.4 is 5.73 Å². The lowest BCUT2D eigenvalue weighted by atomic mass is 9.89. The fraction of sp³-hybridized carbons (Fsp3) is 0.917. The second kappa shape index (κ2) is 7.51. The predicted octanol–water partition coefficient (Wildman–Crippen LogP) is 2.76. The number of nitrogens with zero attached hydrogens (tertiary/aromatic N) is 1. The molecule has 0 aromatic carbocycles. The van der Waals surface area contributed by atoms with Gasteiger partial charge in [-0.2, -0.15) is 11.8 Å². The Kier molecular flexibility index (Phi) is 7.61. The Morgan fingerprint density at radius 3 is 2.50 bits per heavy atom. The third-order valence-electron chi connectivity index (χ3n) is 3.25. The topological polar surface area (TPSA) is 29.3 Å². The molecule has 16 heavy (non-hydrogen) atoms. The zero-order valence-corrected chi connectivity index (χ0v) is 12.9. The molecule has 0 saturated heterocycles. The van der Waals surface area contributed by atoms with Crippen LogP contribution in [0, 0.1) is 5.41 Å². The molecule has 0 aliphatic carbocycles. The van der Waals surface area contributed by atoms with E-state index < -0.39 is 0 Å². The molecule has 0 rings (SSSR count). The summed E-state index contributed by atoms with van der Waals surface area (Å²) in [6.07, 6.45) is 4.43. The quantitative estimate of drug-likeness (QED) is 0.681. The summed E-state index contributed by atoms with van der Waals surface area (Å²) in [4.78, 5) is 3.02. The van der Waals surface area contributed by atoms with Crippen LogP contribution in [-0.4, -0.2) is 41.5 Å². The van der Waals surface area contributed by atoms with Crippen molar-refractivity contribution in [3.05, 3.63) is 0 Å². The van der Waals surface area contributed by atoms with E-state index in [1.807, 2.05) is 11.8 Å². The first-order chi connectivity index (χ1) is 7.31. The molecule has 96 valence electrons. The van der Waals surface area contributed by atoms with Gasteiger partial charge in [-0.05, 0) is 45.4 Å². The van der Waals surface area contributed by atoms with Gasteiger partial charge in [0.2, 0.25) is 0 Å². The van der Waals surface area contributed by atoms with E-state index >= 15 is 0 Å². The molecule has 2 N–H and O–H groups in total. The Balaban J connectivity index is 3.96. The van der Waals surface area contributed by atoms with Crippen LogP contribution in [0.4, 0.5) is 0 Å². The maximum absolute atomic E-state index is 5.72. The zero-order valence-electron chi connectivity index (χ0n) is 11.2. The minimum Gasteiger partial charge on any atom is -0.393 e. The van der Waals surface area contributed by atoms with Gasteiger partial charge in [0.15, 0.2) is 0 Å². The molecule has 0 fully saturated rings. The number of thioether (sulfide) groups is 1. The molecule has 0 aliphatic heterocycles. The molecule has 0 spiro atoms. The fourth-order valence-electron chi connectivity index (χ4n) is 1.31. The molecule has 0 radical (unpaired) electrons. The first-order valence-corrected chi connectivity index (χ1v) is 7.60. The van der Waals surface area contributed by atoms with Crippen molar-refractivity contribution in [2.45, 2.75) is 39.7 Å². The van der Waals surface area contributed by atoms with Gasteiger partial charge in [-0.15, -0.1) is 0 Å². The van der Waals surface area contributed by atoms with E-state index in [1.54, 1.807) is 0 Å². The lowest BCUT2D eigenvalue weighted by Gasteiger charge is -2.29. The summed E-state index contributed by atoms with van der Waals surface area (Å²) in [5.74, 6) is 1.23. The highest BCUT2D eigenvalue weighted by molar-refractivity contribution is 7.98. The Labute approximate surface area is 110 Å². The fourth-order valence-corrected chi connectivity index (χ4v) is 1.99. The molecule has 0 amide bonds. The Morgan fingerprint density at radius 1 is 1.50 bits per heavy atom. The van der Waals surface area contributed by atoms with E-state index in [1.165, 1.54) is 12.2 Å². The van der Waals surface area contributed by atoms with Crippen LogP contribution >= 0.6 is 24.0 Å². The third-order valence-corrected chi connectivity index (χ3v) is 4.45. The molecule has 0 aliphatic rings. The van der Waals surface area contributed by atoms with Crippen molar-refractivity contribution in [1.82, 2.24) is 4.90 Å². The van der Waals surface area contributed by atoms with Crippen molar-refractivity contribution < 1.29 is 0 Å². The smallest absolute Gasteiger partial charge is 0.0784 e. The van der Waals surface area contributed by atoms with Gasteiger partial charge in [-0.1, -0.05) is 26.1 Å². The molecule has 4 heteroatoms. The molecular formula is C12H26N2S2. The summed E-state index contributed by atoms with van der Waals surface area (Å²) in [5, 5.41) is 0. The normalized spacial score (nSPS) is 14.1. The second-order valence-corrected chi connectivity index (χ2v) is 6.53. The SMILES string of the molecule is CSCCC(C)N(C)CCC(C)(C)C(N)=S. The number of hydrogen-bond acceptors (Lipinski definition) is 3. The lowest BCUT2D eigenvalue weighted by Crippen LogP contribution is -2.37.